The minimum atomic E-state index is 0.0688. The van der Waals surface area contributed by atoms with E-state index in [0.717, 1.165) is 11.3 Å². The van der Waals surface area contributed by atoms with Gasteiger partial charge in [0, 0.05) is 28.6 Å². The van der Waals surface area contributed by atoms with Crippen LogP contribution in [0, 0.1) is 18.8 Å². The standard InChI is InChI=1S/C26H30N4OS/c1-15-13-27-25(32-15)29-22(31)10-9-20-21-14-28-30-24(21)26(2)12-11-18-17-6-4-3-5-16(17)7-8-19(18)23(20)26/h3-6,13-14,18-20,23H,7-12H2,1-2H3,(H,28,30)(H,27,29,31)/t18?,19?,20-,23?,26+/m1/s1. The zero-order valence-corrected chi connectivity index (χ0v) is 19.5. The quantitative estimate of drug-likeness (QED) is 0.540. The number of H-pyrrole nitrogens is 1. The van der Waals surface area contributed by atoms with E-state index in [-0.39, 0.29) is 11.3 Å². The summed E-state index contributed by atoms with van der Waals surface area (Å²) in [4.78, 5) is 18.1. The monoisotopic (exact) mass is 446 g/mol. The molecule has 3 aliphatic rings. The number of carbonyl (C=O) groups excluding carboxylic acids is 1. The molecule has 0 radical (unpaired) electrons. The van der Waals surface area contributed by atoms with Crippen molar-refractivity contribution in [1.82, 2.24) is 15.2 Å². The number of benzene rings is 1. The molecule has 32 heavy (non-hydrogen) atoms. The van der Waals surface area contributed by atoms with Crippen molar-refractivity contribution in [1.29, 1.82) is 0 Å². The molecule has 3 aromatic rings. The SMILES string of the molecule is Cc1cnc(NC(=O)CC[C@@H]2c3cn[nH]c3[C@@]3(C)CCC4c5ccccc5CCC4C23)s1. The van der Waals surface area contributed by atoms with Gasteiger partial charge in [0.1, 0.15) is 0 Å². The van der Waals surface area contributed by atoms with Crippen LogP contribution in [0.2, 0.25) is 0 Å². The smallest absolute Gasteiger partial charge is 0.226 e. The summed E-state index contributed by atoms with van der Waals surface area (Å²) in [6.45, 7) is 4.46. The molecule has 3 unspecified atom stereocenters. The van der Waals surface area contributed by atoms with Gasteiger partial charge in [-0.2, -0.15) is 5.10 Å². The van der Waals surface area contributed by atoms with E-state index in [0.29, 0.717) is 35.2 Å². The fourth-order valence-corrected chi connectivity index (χ4v) is 7.93. The third-order valence-electron chi connectivity index (χ3n) is 8.51. The molecule has 1 amide bonds. The fourth-order valence-electron chi connectivity index (χ4n) is 7.25. The first kappa shape index (κ1) is 20.2. The van der Waals surface area contributed by atoms with E-state index >= 15 is 0 Å². The van der Waals surface area contributed by atoms with Crippen LogP contribution in [0.5, 0.6) is 0 Å². The van der Waals surface area contributed by atoms with Crippen molar-refractivity contribution in [2.24, 2.45) is 11.8 Å². The Kier molecular flexibility index (Phi) is 4.75. The van der Waals surface area contributed by atoms with Gasteiger partial charge in [-0.15, -0.1) is 11.3 Å². The maximum atomic E-state index is 12.7. The van der Waals surface area contributed by atoms with Gasteiger partial charge in [-0.1, -0.05) is 31.2 Å². The summed E-state index contributed by atoms with van der Waals surface area (Å²) in [7, 11) is 0. The molecule has 0 saturated heterocycles. The Labute approximate surface area is 193 Å². The highest BCUT2D eigenvalue weighted by atomic mass is 32.1. The summed E-state index contributed by atoms with van der Waals surface area (Å²) in [5.41, 5.74) is 5.95. The predicted octanol–water partition coefficient (Wildman–Crippen LogP) is 5.70. The molecule has 5 atom stereocenters. The van der Waals surface area contributed by atoms with Crippen LogP contribution < -0.4 is 5.32 Å². The summed E-state index contributed by atoms with van der Waals surface area (Å²) in [5, 5.41) is 11.5. The highest BCUT2D eigenvalue weighted by Gasteiger charge is 2.57. The first-order valence-corrected chi connectivity index (χ1v) is 12.7. The number of nitrogens with one attached hydrogen (secondary N) is 2. The van der Waals surface area contributed by atoms with Gasteiger partial charge in [0.2, 0.25) is 5.91 Å². The molecule has 0 spiro atoms. The van der Waals surface area contributed by atoms with Crippen molar-refractivity contribution >= 4 is 22.4 Å². The Bertz CT molecular complexity index is 1170. The van der Waals surface area contributed by atoms with E-state index in [4.69, 9.17) is 0 Å². The predicted molar refractivity (Wildman–Crippen MR) is 127 cm³/mol. The summed E-state index contributed by atoms with van der Waals surface area (Å²) < 4.78 is 0. The van der Waals surface area contributed by atoms with Gasteiger partial charge in [0.05, 0.1) is 6.20 Å². The average molecular weight is 447 g/mol. The van der Waals surface area contributed by atoms with Crippen LogP contribution in [0.4, 0.5) is 5.13 Å². The molecule has 3 aliphatic carbocycles. The molecule has 5 nitrogen and oxygen atoms in total. The number of hydrogen-bond donors (Lipinski definition) is 2. The first-order valence-electron chi connectivity index (χ1n) is 11.9. The Morgan fingerprint density at radius 2 is 2.12 bits per heavy atom. The van der Waals surface area contributed by atoms with Crippen molar-refractivity contribution in [3.8, 4) is 0 Å². The molecule has 6 rings (SSSR count). The molecule has 0 bridgehead atoms. The number of hydrogen-bond acceptors (Lipinski definition) is 4. The van der Waals surface area contributed by atoms with Gasteiger partial charge in [-0.25, -0.2) is 4.98 Å². The number of fused-ring (bicyclic) bond motifs is 7. The number of carbonyl (C=O) groups is 1. The number of amides is 1. The Morgan fingerprint density at radius 3 is 2.97 bits per heavy atom. The molecule has 1 fully saturated rings. The molecular weight excluding hydrogens is 416 g/mol. The van der Waals surface area contributed by atoms with Gasteiger partial charge in [-0.05, 0) is 79.4 Å². The minimum Gasteiger partial charge on any atom is -0.302 e. The lowest BCUT2D eigenvalue weighted by atomic mass is 9.53. The number of thiazole rings is 1. The van der Waals surface area contributed by atoms with Gasteiger partial charge in [0.15, 0.2) is 5.13 Å². The van der Waals surface area contributed by atoms with Crippen LogP contribution in [-0.4, -0.2) is 21.1 Å². The summed E-state index contributed by atoms with van der Waals surface area (Å²) in [5.74, 6) is 2.33. The molecule has 2 aromatic heterocycles. The van der Waals surface area contributed by atoms with E-state index in [1.165, 1.54) is 48.3 Å². The molecule has 1 aromatic carbocycles. The zero-order valence-electron chi connectivity index (χ0n) is 18.7. The Morgan fingerprint density at radius 1 is 1.25 bits per heavy atom. The van der Waals surface area contributed by atoms with Crippen molar-refractivity contribution in [2.75, 3.05) is 5.32 Å². The maximum absolute atomic E-state index is 12.7. The van der Waals surface area contributed by atoms with Crippen LogP contribution in [0.15, 0.2) is 36.7 Å². The lowest BCUT2D eigenvalue weighted by Crippen LogP contribution is -2.44. The number of aromatic nitrogens is 3. The van der Waals surface area contributed by atoms with E-state index < -0.39 is 0 Å². The third kappa shape index (κ3) is 3.06. The van der Waals surface area contributed by atoms with Crippen LogP contribution in [0.25, 0.3) is 0 Å². The van der Waals surface area contributed by atoms with Crippen LogP contribution >= 0.6 is 11.3 Å². The number of rotatable bonds is 4. The molecule has 0 aliphatic heterocycles. The lowest BCUT2D eigenvalue weighted by Gasteiger charge is -2.50. The maximum Gasteiger partial charge on any atom is 0.226 e. The summed E-state index contributed by atoms with van der Waals surface area (Å²) in [6.07, 6.45) is 10.1. The lowest BCUT2D eigenvalue weighted by molar-refractivity contribution is -0.116. The van der Waals surface area contributed by atoms with Crippen LogP contribution in [0.3, 0.4) is 0 Å². The van der Waals surface area contributed by atoms with E-state index in [1.54, 1.807) is 11.1 Å². The van der Waals surface area contributed by atoms with Gasteiger partial charge in [0.25, 0.3) is 0 Å². The molecule has 166 valence electrons. The summed E-state index contributed by atoms with van der Waals surface area (Å²) in [6, 6.07) is 9.08. The number of aryl methyl sites for hydroxylation is 2. The largest absolute Gasteiger partial charge is 0.302 e. The number of anilines is 1. The highest BCUT2D eigenvalue weighted by Crippen LogP contribution is 2.64. The first-order chi connectivity index (χ1) is 15.5. The van der Waals surface area contributed by atoms with Crippen molar-refractivity contribution in [3.63, 3.8) is 0 Å². The molecule has 2 heterocycles. The van der Waals surface area contributed by atoms with Gasteiger partial charge < -0.3 is 5.32 Å². The molecule has 6 heteroatoms. The van der Waals surface area contributed by atoms with Crippen molar-refractivity contribution in [2.45, 2.75) is 69.6 Å². The van der Waals surface area contributed by atoms with E-state index in [2.05, 4.69) is 51.7 Å². The second-order valence-corrected chi connectivity index (χ2v) is 11.4. The average Bonchev–Trinajstić information content (AvgIpc) is 3.49. The molecule has 2 N–H and O–H groups in total. The third-order valence-corrected chi connectivity index (χ3v) is 9.34. The van der Waals surface area contributed by atoms with Crippen molar-refractivity contribution in [3.05, 3.63) is 63.9 Å². The van der Waals surface area contributed by atoms with E-state index in [9.17, 15) is 4.79 Å². The van der Waals surface area contributed by atoms with Crippen molar-refractivity contribution < 1.29 is 4.79 Å². The van der Waals surface area contributed by atoms with Gasteiger partial charge in [-0.3, -0.25) is 9.89 Å². The second-order valence-electron chi connectivity index (χ2n) is 10.2. The minimum absolute atomic E-state index is 0.0688. The fraction of sp³-hybridized carbons (Fsp3) is 0.500. The molecular formula is C26H30N4OS. The molecule has 1 saturated carbocycles. The Hall–Kier alpha value is -2.47. The summed E-state index contributed by atoms with van der Waals surface area (Å²) >= 11 is 1.53. The van der Waals surface area contributed by atoms with Gasteiger partial charge >= 0.3 is 0 Å². The highest BCUT2D eigenvalue weighted by molar-refractivity contribution is 7.15. The number of nitrogens with zero attached hydrogens (tertiary/aromatic N) is 2. The Balaban J connectivity index is 1.27. The van der Waals surface area contributed by atoms with Crippen LogP contribution in [0.1, 0.15) is 78.1 Å². The van der Waals surface area contributed by atoms with E-state index in [1.807, 2.05) is 19.3 Å². The zero-order chi connectivity index (χ0) is 21.9. The van der Waals surface area contributed by atoms with Crippen LogP contribution in [-0.2, 0) is 16.6 Å². The second kappa shape index (κ2) is 7.55. The topological polar surface area (TPSA) is 70.7 Å². The normalized spacial score (nSPS) is 30.2. The number of aromatic amines is 1.